The van der Waals surface area contributed by atoms with E-state index in [1.54, 1.807) is 7.11 Å². The van der Waals surface area contributed by atoms with Gasteiger partial charge in [0.1, 0.15) is 5.75 Å². The summed E-state index contributed by atoms with van der Waals surface area (Å²) in [5.41, 5.74) is 6.70. The fraction of sp³-hybridized carbons (Fsp3) is 0.417. The Kier molecular flexibility index (Phi) is 4.55. The Morgan fingerprint density at radius 3 is 2.81 bits per heavy atom. The minimum Gasteiger partial charge on any atom is -0.497 e. The Hall–Kier alpha value is -1.29. The highest BCUT2D eigenvalue weighted by atomic mass is 32.1. The summed E-state index contributed by atoms with van der Waals surface area (Å²) in [6.45, 7) is 2.83. The summed E-state index contributed by atoms with van der Waals surface area (Å²) in [6, 6.07) is 7.92. The number of rotatable bonds is 5. The maximum absolute atomic E-state index is 5.60. The second-order valence-electron chi connectivity index (χ2n) is 3.89. The number of ether oxygens (including phenoxy) is 1. The lowest BCUT2D eigenvalue weighted by molar-refractivity contribution is 0.415. The van der Waals surface area contributed by atoms with Crippen LogP contribution in [0.1, 0.15) is 6.92 Å². The van der Waals surface area contributed by atoms with Crippen molar-refractivity contribution in [2.24, 2.45) is 11.7 Å². The number of hydrogen-bond acceptors (Lipinski definition) is 3. The lowest BCUT2D eigenvalue weighted by atomic mass is 10.1. The molecule has 0 aliphatic rings. The summed E-state index contributed by atoms with van der Waals surface area (Å²) in [6.07, 6.45) is 0. The molecule has 0 saturated heterocycles. The van der Waals surface area contributed by atoms with Crippen LogP contribution in [-0.4, -0.2) is 25.7 Å². The first kappa shape index (κ1) is 12.8. The van der Waals surface area contributed by atoms with Gasteiger partial charge in [0.15, 0.2) is 0 Å². The number of hydrogen-bond donors (Lipinski definition) is 1. The van der Waals surface area contributed by atoms with Crippen LogP contribution in [0.4, 0.5) is 5.69 Å². The summed E-state index contributed by atoms with van der Waals surface area (Å²) < 4.78 is 5.18. The molecule has 3 nitrogen and oxygen atoms in total. The van der Waals surface area contributed by atoms with Crippen molar-refractivity contribution in [3.05, 3.63) is 24.3 Å². The van der Waals surface area contributed by atoms with E-state index in [0.29, 0.717) is 4.99 Å². The molecule has 0 heterocycles. The molecule has 0 radical (unpaired) electrons. The van der Waals surface area contributed by atoms with E-state index in [0.717, 1.165) is 18.0 Å². The summed E-state index contributed by atoms with van der Waals surface area (Å²) >= 11 is 4.96. The topological polar surface area (TPSA) is 38.5 Å². The van der Waals surface area contributed by atoms with Gasteiger partial charge in [-0.15, -0.1) is 0 Å². The lowest BCUT2D eigenvalue weighted by Gasteiger charge is -2.23. The highest BCUT2D eigenvalue weighted by Crippen LogP contribution is 2.20. The van der Waals surface area contributed by atoms with Gasteiger partial charge in [0.2, 0.25) is 0 Å². The van der Waals surface area contributed by atoms with Gasteiger partial charge < -0.3 is 15.4 Å². The van der Waals surface area contributed by atoms with Crippen LogP contribution < -0.4 is 15.4 Å². The van der Waals surface area contributed by atoms with Crippen LogP contribution in [-0.2, 0) is 0 Å². The summed E-state index contributed by atoms with van der Waals surface area (Å²) in [5, 5.41) is 0. The average molecular weight is 238 g/mol. The minimum absolute atomic E-state index is 0.200. The monoisotopic (exact) mass is 238 g/mol. The Morgan fingerprint density at radius 2 is 2.25 bits per heavy atom. The molecule has 1 aromatic rings. The van der Waals surface area contributed by atoms with Gasteiger partial charge in [0.05, 0.1) is 12.1 Å². The second kappa shape index (κ2) is 5.70. The molecule has 1 aromatic carbocycles. The quantitative estimate of drug-likeness (QED) is 0.797. The maximum atomic E-state index is 5.60. The molecule has 0 aromatic heterocycles. The van der Waals surface area contributed by atoms with Gasteiger partial charge in [0.25, 0.3) is 0 Å². The zero-order valence-corrected chi connectivity index (χ0v) is 10.8. The third-order valence-electron chi connectivity index (χ3n) is 2.53. The van der Waals surface area contributed by atoms with E-state index in [1.165, 1.54) is 0 Å². The molecule has 0 bridgehead atoms. The van der Waals surface area contributed by atoms with Crippen molar-refractivity contribution in [1.82, 2.24) is 0 Å². The third-order valence-corrected chi connectivity index (χ3v) is 2.93. The van der Waals surface area contributed by atoms with Crippen molar-refractivity contribution in [2.45, 2.75) is 6.92 Å². The molecule has 0 aliphatic heterocycles. The van der Waals surface area contributed by atoms with Crippen LogP contribution in [0.15, 0.2) is 24.3 Å². The van der Waals surface area contributed by atoms with E-state index < -0.39 is 0 Å². The first-order valence-corrected chi connectivity index (χ1v) is 5.60. The lowest BCUT2D eigenvalue weighted by Crippen LogP contribution is -2.31. The van der Waals surface area contributed by atoms with E-state index in [9.17, 15) is 0 Å². The van der Waals surface area contributed by atoms with Gasteiger partial charge in [-0.25, -0.2) is 0 Å². The number of nitrogens with two attached hydrogens (primary N) is 1. The molecule has 1 rings (SSSR count). The maximum Gasteiger partial charge on any atom is 0.120 e. The SMILES string of the molecule is COc1cccc(N(C)CC(C)C(N)=S)c1. The predicted molar refractivity (Wildman–Crippen MR) is 72.2 cm³/mol. The Labute approximate surface area is 102 Å². The molecule has 0 aliphatic carbocycles. The van der Waals surface area contributed by atoms with Crippen molar-refractivity contribution in [3.8, 4) is 5.75 Å². The minimum atomic E-state index is 0.200. The number of methoxy groups -OCH3 is 1. The Morgan fingerprint density at radius 1 is 1.56 bits per heavy atom. The number of thiocarbonyl (C=S) groups is 1. The summed E-state index contributed by atoms with van der Waals surface area (Å²) in [4.78, 5) is 2.67. The molecule has 0 saturated carbocycles. The molecule has 88 valence electrons. The van der Waals surface area contributed by atoms with Gasteiger partial charge in [-0.1, -0.05) is 25.2 Å². The van der Waals surface area contributed by atoms with Crippen molar-refractivity contribution in [2.75, 3.05) is 25.6 Å². The van der Waals surface area contributed by atoms with Gasteiger partial charge in [-0.2, -0.15) is 0 Å². The van der Waals surface area contributed by atoms with Crippen LogP contribution >= 0.6 is 12.2 Å². The van der Waals surface area contributed by atoms with Crippen LogP contribution in [0.5, 0.6) is 5.75 Å². The summed E-state index contributed by atoms with van der Waals surface area (Å²) in [7, 11) is 3.68. The van der Waals surface area contributed by atoms with E-state index in [1.807, 2.05) is 38.2 Å². The van der Waals surface area contributed by atoms with Crippen LogP contribution in [0, 0.1) is 5.92 Å². The van der Waals surface area contributed by atoms with Gasteiger partial charge in [-0.05, 0) is 12.1 Å². The van der Waals surface area contributed by atoms with Crippen molar-refractivity contribution in [1.29, 1.82) is 0 Å². The highest BCUT2D eigenvalue weighted by Gasteiger charge is 2.09. The molecule has 1 unspecified atom stereocenters. The number of benzene rings is 1. The van der Waals surface area contributed by atoms with E-state index in [2.05, 4.69) is 4.90 Å². The molecule has 1 atom stereocenters. The first-order chi connectivity index (χ1) is 7.54. The molecule has 0 fully saturated rings. The van der Waals surface area contributed by atoms with Crippen molar-refractivity contribution >= 4 is 22.9 Å². The molecular formula is C12H18N2OS. The average Bonchev–Trinajstić information content (AvgIpc) is 2.28. The van der Waals surface area contributed by atoms with Crippen molar-refractivity contribution in [3.63, 3.8) is 0 Å². The van der Waals surface area contributed by atoms with Gasteiger partial charge >= 0.3 is 0 Å². The van der Waals surface area contributed by atoms with E-state index in [-0.39, 0.29) is 5.92 Å². The van der Waals surface area contributed by atoms with Crippen molar-refractivity contribution < 1.29 is 4.74 Å². The first-order valence-electron chi connectivity index (χ1n) is 5.19. The Bertz CT molecular complexity index is 368. The predicted octanol–water partition coefficient (Wildman–Crippen LogP) is 2.05. The van der Waals surface area contributed by atoms with E-state index in [4.69, 9.17) is 22.7 Å². The van der Waals surface area contributed by atoms with Crippen LogP contribution in [0.25, 0.3) is 0 Å². The van der Waals surface area contributed by atoms with E-state index >= 15 is 0 Å². The fourth-order valence-electron chi connectivity index (χ4n) is 1.45. The van der Waals surface area contributed by atoms with Gasteiger partial charge in [-0.3, -0.25) is 0 Å². The largest absolute Gasteiger partial charge is 0.497 e. The highest BCUT2D eigenvalue weighted by molar-refractivity contribution is 7.80. The third kappa shape index (κ3) is 3.38. The second-order valence-corrected chi connectivity index (χ2v) is 4.36. The molecular weight excluding hydrogens is 220 g/mol. The molecule has 2 N–H and O–H groups in total. The smallest absolute Gasteiger partial charge is 0.120 e. The number of anilines is 1. The molecule has 0 spiro atoms. The molecule has 16 heavy (non-hydrogen) atoms. The molecule has 4 heteroatoms. The Balaban J connectivity index is 2.72. The standard InChI is InChI=1S/C12H18N2OS/c1-9(12(13)16)8-14(2)10-5-4-6-11(7-10)15-3/h4-7,9H,8H2,1-3H3,(H2,13,16). The number of nitrogens with zero attached hydrogens (tertiary/aromatic N) is 1. The zero-order chi connectivity index (χ0) is 12.1. The van der Waals surface area contributed by atoms with Crippen LogP contribution in [0.2, 0.25) is 0 Å². The summed E-state index contributed by atoms with van der Waals surface area (Å²) in [5.74, 6) is 1.05. The molecule has 0 amide bonds. The zero-order valence-electron chi connectivity index (χ0n) is 9.93. The fourth-order valence-corrected chi connectivity index (χ4v) is 1.53. The normalized spacial score (nSPS) is 11.9. The van der Waals surface area contributed by atoms with Gasteiger partial charge in [0, 0.05) is 31.3 Å². The van der Waals surface area contributed by atoms with Crippen LogP contribution in [0.3, 0.4) is 0 Å².